The van der Waals surface area contributed by atoms with E-state index in [-0.39, 0.29) is 18.0 Å². The maximum atomic E-state index is 11.0. The van der Waals surface area contributed by atoms with Gasteiger partial charge in [-0.05, 0) is 24.6 Å². The van der Waals surface area contributed by atoms with E-state index < -0.39 is 11.9 Å². The summed E-state index contributed by atoms with van der Waals surface area (Å²) in [5.74, 6) is -1.62. The fourth-order valence-electron chi connectivity index (χ4n) is 1.66. The van der Waals surface area contributed by atoms with Crippen LogP contribution in [0.25, 0.3) is 0 Å². The molecule has 0 aliphatic rings. The summed E-state index contributed by atoms with van der Waals surface area (Å²) in [6.07, 6.45) is 0. The summed E-state index contributed by atoms with van der Waals surface area (Å²) >= 11 is 0. The minimum absolute atomic E-state index is 0.0628. The number of rotatable bonds is 6. The van der Waals surface area contributed by atoms with Crippen LogP contribution < -0.4 is 15.2 Å². The first-order valence-electron chi connectivity index (χ1n) is 5.51. The van der Waals surface area contributed by atoms with Crippen LogP contribution in [0, 0.1) is 0 Å². The molecule has 0 radical (unpaired) electrons. The molecule has 0 aliphatic carbocycles. The topological polar surface area (TPSA) is 102 Å². The van der Waals surface area contributed by atoms with Gasteiger partial charge in [-0.2, -0.15) is 0 Å². The Labute approximate surface area is 105 Å². The molecule has 0 aliphatic heterocycles. The van der Waals surface area contributed by atoms with Crippen molar-refractivity contribution in [2.45, 2.75) is 12.8 Å². The van der Waals surface area contributed by atoms with Crippen LogP contribution in [0.15, 0.2) is 12.1 Å². The van der Waals surface area contributed by atoms with Gasteiger partial charge in [-0.3, -0.25) is 4.79 Å². The summed E-state index contributed by atoms with van der Waals surface area (Å²) in [6.45, 7) is 2.09. The molecule has 1 aromatic rings. The van der Waals surface area contributed by atoms with Gasteiger partial charge in [-0.25, -0.2) is 0 Å². The van der Waals surface area contributed by atoms with Crippen molar-refractivity contribution in [3.63, 3.8) is 0 Å². The third-order valence-electron chi connectivity index (χ3n) is 2.50. The number of carboxylic acids is 1. The largest absolute Gasteiger partial charge is 0.504 e. The first-order valence-corrected chi connectivity index (χ1v) is 5.51. The van der Waals surface area contributed by atoms with Gasteiger partial charge < -0.3 is 25.4 Å². The van der Waals surface area contributed by atoms with Crippen molar-refractivity contribution in [3.8, 4) is 17.2 Å². The molecule has 100 valence electrons. The Kier molecular flexibility index (Phi) is 4.79. The molecule has 6 nitrogen and oxygen atoms in total. The normalized spacial score (nSPS) is 11.9. The van der Waals surface area contributed by atoms with Crippen molar-refractivity contribution in [2.75, 3.05) is 20.3 Å². The molecule has 0 fully saturated rings. The molecule has 1 aromatic carbocycles. The molecule has 1 atom stereocenters. The number of ether oxygens (including phenoxy) is 2. The zero-order valence-corrected chi connectivity index (χ0v) is 10.3. The van der Waals surface area contributed by atoms with E-state index in [0.29, 0.717) is 17.9 Å². The fourth-order valence-corrected chi connectivity index (χ4v) is 1.66. The number of hydrogen-bond acceptors (Lipinski definition) is 5. The minimum Gasteiger partial charge on any atom is -0.504 e. The second-order valence-electron chi connectivity index (χ2n) is 3.63. The number of hydrogen-bond donors (Lipinski definition) is 3. The van der Waals surface area contributed by atoms with Gasteiger partial charge in [0, 0.05) is 6.54 Å². The van der Waals surface area contributed by atoms with E-state index in [0.717, 1.165) is 0 Å². The number of aromatic hydroxyl groups is 1. The van der Waals surface area contributed by atoms with Gasteiger partial charge in [0.15, 0.2) is 11.5 Å². The molecule has 0 bridgehead atoms. The van der Waals surface area contributed by atoms with Gasteiger partial charge in [-0.15, -0.1) is 0 Å². The molecule has 0 amide bonds. The van der Waals surface area contributed by atoms with Crippen LogP contribution in [-0.4, -0.2) is 36.4 Å². The molecule has 0 heterocycles. The molecule has 1 rings (SSSR count). The van der Waals surface area contributed by atoms with E-state index in [1.165, 1.54) is 19.2 Å². The fraction of sp³-hybridized carbons (Fsp3) is 0.417. The monoisotopic (exact) mass is 255 g/mol. The molecular weight excluding hydrogens is 238 g/mol. The van der Waals surface area contributed by atoms with E-state index in [2.05, 4.69) is 0 Å². The van der Waals surface area contributed by atoms with E-state index in [1.807, 2.05) is 0 Å². The summed E-state index contributed by atoms with van der Waals surface area (Å²) in [6, 6.07) is 2.85. The second kappa shape index (κ2) is 6.11. The highest BCUT2D eigenvalue weighted by Gasteiger charge is 2.22. The first-order chi connectivity index (χ1) is 8.54. The summed E-state index contributed by atoms with van der Waals surface area (Å²) in [5.41, 5.74) is 5.80. The Bertz CT molecular complexity index is 433. The van der Waals surface area contributed by atoms with E-state index >= 15 is 0 Å². The number of aliphatic carboxylic acids is 1. The van der Waals surface area contributed by atoms with Gasteiger partial charge in [0.1, 0.15) is 0 Å². The first kappa shape index (κ1) is 14.1. The van der Waals surface area contributed by atoms with Gasteiger partial charge >= 0.3 is 5.97 Å². The van der Waals surface area contributed by atoms with Crippen LogP contribution in [0.1, 0.15) is 18.4 Å². The lowest BCUT2D eigenvalue weighted by atomic mass is 9.98. The lowest BCUT2D eigenvalue weighted by Gasteiger charge is -2.16. The van der Waals surface area contributed by atoms with E-state index in [9.17, 15) is 9.90 Å². The highest BCUT2D eigenvalue weighted by molar-refractivity contribution is 5.77. The van der Waals surface area contributed by atoms with Gasteiger partial charge in [-0.1, -0.05) is 0 Å². The van der Waals surface area contributed by atoms with Crippen molar-refractivity contribution in [2.24, 2.45) is 5.73 Å². The number of phenols is 1. The van der Waals surface area contributed by atoms with Gasteiger partial charge in [0.05, 0.1) is 19.6 Å². The molecule has 0 spiro atoms. The summed E-state index contributed by atoms with van der Waals surface area (Å²) < 4.78 is 10.3. The third kappa shape index (κ3) is 2.84. The van der Waals surface area contributed by atoms with Crippen LogP contribution in [-0.2, 0) is 4.79 Å². The second-order valence-corrected chi connectivity index (χ2v) is 3.63. The zero-order chi connectivity index (χ0) is 13.7. The van der Waals surface area contributed by atoms with Crippen molar-refractivity contribution >= 4 is 5.97 Å². The van der Waals surface area contributed by atoms with Gasteiger partial charge in [0.25, 0.3) is 0 Å². The van der Waals surface area contributed by atoms with Crippen LogP contribution >= 0.6 is 0 Å². The lowest BCUT2D eigenvalue weighted by molar-refractivity contribution is -0.138. The SMILES string of the molecule is CCOc1cc(C(CN)C(=O)O)cc(O)c1OC. The number of nitrogens with two attached hydrogens (primary N) is 1. The molecule has 1 unspecified atom stereocenters. The zero-order valence-electron chi connectivity index (χ0n) is 10.3. The maximum absolute atomic E-state index is 11.0. The molecule has 6 heteroatoms. The van der Waals surface area contributed by atoms with Gasteiger partial charge in [0.2, 0.25) is 5.75 Å². The van der Waals surface area contributed by atoms with Crippen LogP contribution in [0.2, 0.25) is 0 Å². The number of carbonyl (C=O) groups is 1. The molecule has 0 saturated heterocycles. The number of methoxy groups -OCH3 is 1. The molecular formula is C12H17NO5. The predicted octanol–water partition coefficient (Wildman–Crippen LogP) is 0.926. The molecule has 4 N–H and O–H groups in total. The number of benzene rings is 1. The van der Waals surface area contributed by atoms with Crippen molar-refractivity contribution in [1.82, 2.24) is 0 Å². The molecule has 18 heavy (non-hydrogen) atoms. The van der Waals surface area contributed by atoms with Crippen molar-refractivity contribution in [1.29, 1.82) is 0 Å². The highest BCUT2D eigenvalue weighted by atomic mass is 16.5. The van der Waals surface area contributed by atoms with Crippen LogP contribution in [0.4, 0.5) is 0 Å². The van der Waals surface area contributed by atoms with E-state index in [1.54, 1.807) is 6.92 Å². The Morgan fingerprint density at radius 1 is 1.50 bits per heavy atom. The Balaban J connectivity index is 3.26. The predicted molar refractivity (Wildman–Crippen MR) is 65.3 cm³/mol. The van der Waals surface area contributed by atoms with Crippen molar-refractivity contribution < 1.29 is 24.5 Å². The smallest absolute Gasteiger partial charge is 0.312 e. The van der Waals surface area contributed by atoms with Crippen molar-refractivity contribution in [3.05, 3.63) is 17.7 Å². The van der Waals surface area contributed by atoms with Crippen LogP contribution in [0.3, 0.4) is 0 Å². The highest BCUT2D eigenvalue weighted by Crippen LogP contribution is 2.39. The number of carboxylic acid groups (broad SMARTS) is 1. The van der Waals surface area contributed by atoms with E-state index in [4.69, 9.17) is 20.3 Å². The maximum Gasteiger partial charge on any atom is 0.312 e. The Morgan fingerprint density at radius 2 is 2.17 bits per heavy atom. The molecule has 0 saturated carbocycles. The number of phenolic OH excluding ortho intramolecular Hbond substituents is 1. The standard InChI is InChI=1S/C12H17NO5/c1-3-18-10-5-7(8(6-13)12(15)16)4-9(14)11(10)17-2/h4-5,8,14H,3,6,13H2,1-2H3,(H,15,16). The Hall–Kier alpha value is -1.95. The molecule has 0 aromatic heterocycles. The third-order valence-corrected chi connectivity index (χ3v) is 2.50. The summed E-state index contributed by atoms with van der Waals surface area (Å²) in [7, 11) is 1.40. The average molecular weight is 255 g/mol. The summed E-state index contributed by atoms with van der Waals surface area (Å²) in [4.78, 5) is 11.0. The lowest BCUT2D eigenvalue weighted by Crippen LogP contribution is -2.21. The quantitative estimate of drug-likeness (QED) is 0.698. The minimum atomic E-state index is -1.05. The average Bonchev–Trinajstić information content (AvgIpc) is 2.29. The summed E-state index contributed by atoms with van der Waals surface area (Å²) in [5, 5.41) is 18.8. The van der Waals surface area contributed by atoms with Crippen LogP contribution in [0.5, 0.6) is 17.2 Å². The Morgan fingerprint density at radius 3 is 2.61 bits per heavy atom.